The molecule has 3 heterocycles. The third kappa shape index (κ3) is 5.37. The van der Waals surface area contributed by atoms with Crippen LogP contribution in [0.25, 0.3) is 0 Å². The van der Waals surface area contributed by atoms with Gasteiger partial charge in [-0.15, -0.1) is 11.3 Å². The Hall–Kier alpha value is -3.04. The molecule has 3 N–H and O–H groups in total. The fourth-order valence-corrected chi connectivity index (χ4v) is 4.37. The number of aromatic nitrogens is 1. The molecule has 2 aromatic rings. The molecule has 2 aliphatic rings. The van der Waals surface area contributed by atoms with E-state index in [0.29, 0.717) is 5.06 Å². The number of anilines is 1. The van der Waals surface area contributed by atoms with Crippen LogP contribution in [0.5, 0.6) is 0 Å². The number of cyclic esters (lactones) is 1. The molecule has 2 amide bonds. The maximum absolute atomic E-state index is 13.0. The normalized spacial score (nSPS) is 23.7. The van der Waals surface area contributed by atoms with Crippen molar-refractivity contribution in [2.45, 2.75) is 24.6 Å². The van der Waals surface area contributed by atoms with Crippen LogP contribution < -0.4 is 45.7 Å². The van der Waals surface area contributed by atoms with E-state index < -0.39 is 48.0 Å². The van der Waals surface area contributed by atoms with Crippen LogP contribution in [0.4, 0.5) is 5.13 Å². The van der Waals surface area contributed by atoms with E-state index in [4.69, 9.17) is 15.3 Å². The molecule has 0 bridgehead atoms. The number of aliphatic carboxylic acids is 1. The summed E-state index contributed by atoms with van der Waals surface area (Å²) in [5, 5.41) is 20.2. The number of nitrogens with two attached hydrogens (primary N) is 1. The number of nitrogen functional groups attached to an aromatic ring is 1. The molecule has 0 spiro atoms. The third-order valence-electron chi connectivity index (χ3n) is 5.43. The average molecular weight is 525 g/mol. The van der Waals surface area contributed by atoms with Gasteiger partial charge in [-0.25, -0.2) is 4.98 Å². The number of ether oxygens (including phenoxy) is 1. The van der Waals surface area contributed by atoms with Gasteiger partial charge in [0.25, 0.3) is 17.5 Å². The topological polar surface area (TPSA) is 186 Å². The molecule has 2 fully saturated rings. The number of rotatable bonds is 8. The number of thiazole rings is 1. The molecule has 4 rings (SSSR count). The van der Waals surface area contributed by atoms with Crippen molar-refractivity contribution < 1.29 is 68.3 Å². The van der Waals surface area contributed by atoms with Gasteiger partial charge in [0.1, 0.15) is 31.4 Å². The predicted molar refractivity (Wildman–Crippen MR) is 117 cm³/mol. The van der Waals surface area contributed by atoms with Gasteiger partial charge in [0.2, 0.25) is 0 Å². The Morgan fingerprint density at radius 3 is 2.69 bits per heavy atom. The number of nitrogens with one attached hydrogen (secondary N) is 1. The number of amides is 2. The molecule has 184 valence electrons. The average Bonchev–Trinajstić information content (AvgIpc) is 3.51. The zero-order valence-corrected chi connectivity index (χ0v) is 22.1. The Morgan fingerprint density at radius 2 is 2.08 bits per heavy atom. The van der Waals surface area contributed by atoms with Crippen molar-refractivity contribution in [3.8, 4) is 0 Å². The van der Waals surface area contributed by atoms with Crippen LogP contribution in [-0.2, 0) is 40.0 Å². The number of hydroxylamine groups is 2. The molecule has 15 heteroatoms. The molecule has 0 aliphatic carbocycles. The summed E-state index contributed by atoms with van der Waals surface area (Å²) < 4.78 is 5.16. The van der Waals surface area contributed by atoms with E-state index in [2.05, 4.69) is 20.3 Å². The Morgan fingerprint density at radius 1 is 1.36 bits per heavy atom. The second-order valence-corrected chi connectivity index (χ2v) is 8.62. The summed E-state index contributed by atoms with van der Waals surface area (Å²) in [6.45, 7) is -0.417. The van der Waals surface area contributed by atoms with Gasteiger partial charge < -0.3 is 30.5 Å². The Balaban J connectivity index is 0.00000361. The van der Waals surface area contributed by atoms with E-state index in [1.165, 1.54) is 12.5 Å². The Labute approximate surface area is 230 Å². The number of carboxylic acids is 1. The Kier molecular flexibility index (Phi) is 8.68. The van der Waals surface area contributed by atoms with Crippen LogP contribution in [0.3, 0.4) is 0 Å². The van der Waals surface area contributed by atoms with Crippen LogP contribution in [0.2, 0.25) is 0 Å². The molecule has 2 saturated heterocycles. The maximum Gasteiger partial charge on any atom is 1.00 e. The Bertz CT molecular complexity index is 1190. The number of hydrogen-bond acceptors (Lipinski definition) is 12. The van der Waals surface area contributed by atoms with Crippen molar-refractivity contribution in [1.29, 1.82) is 0 Å². The van der Waals surface area contributed by atoms with Gasteiger partial charge in [-0.1, -0.05) is 35.5 Å². The first-order chi connectivity index (χ1) is 16.7. The second-order valence-electron chi connectivity index (χ2n) is 7.73. The van der Waals surface area contributed by atoms with Crippen LogP contribution in [0.15, 0.2) is 40.9 Å². The quantitative estimate of drug-likeness (QED) is 0.148. The van der Waals surface area contributed by atoms with E-state index in [9.17, 15) is 24.3 Å². The molecule has 1 aromatic carbocycles. The molecule has 13 nitrogen and oxygen atoms in total. The SMILES string of the molecule is CO/N=C(\C(=O)NC1CON(C2(C(=O)[O-])CC(Cc3ccccc3)C(=O)O2)C1=O)c1csc(N)n1.[Na+]. The first-order valence-corrected chi connectivity index (χ1v) is 11.2. The molecule has 3 unspecified atom stereocenters. The smallest absolute Gasteiger partial charge is 0.544 e. The summed E-state index contributed by atoms with van der Waals surface area (Å²) in [7, 11) is 1.22. The van der Waals surface area contributed by atoms with Crippen LogP contribution >= 0.6 is 11.3 Å². The molecular formula is C21H20N5NaO8S. The maximum atomic E-state index is 13.0. The minimum Gasteiger partial charge on any atom is -0.544 e. The number of oxime groups is 1. The van der Waals surface area contributed by atoms with E-state index in [1.807, 2.05) is 0 Å². The summed E-state index contributed by atoms with van der Waals surface area (Å²) in [4.78, 5) is 64.3. The molecule has 36 heavy (non-hydrogen) atoms. The largest absolute Gasteiger partial charge is 1.00 e. The number of benzene rings is 1. The van der Waals surface area contributed by atoms with E-state index in [1.54, 1.807) is 30.3 Å². The van der Waals surface area contributed by atoms with Gasteiger partial charge in [0, 0.05) is 11.8 Å². The second kappa shape index (κ2) is 11.3. The van der Waals surface area contributed by atoms with E-state index in [0.717, 1.165) is 16.9 Å². The first kappa shape index (κ1) is 27.5. The molecule has 1 aromatic heterocycles. The fourth-order valence-electron chi connectivity index (χ4n) is 3.83. The first-order valence-electron chi connectivity index (χ1n) is 10.3. The van der Waals surface area contributed by atoms with Crippen LogP contribution in [0.1, 0.15) is 17.7 Å². The molecule has 2 aliphatic heterocycles. The number of carboxylic acid groups (broad SMARTS) is 1. The monoisotopic (exact) mass is 525 g/mol. The van der Waals surface area contributed by atoms with Gasteiger partial charge >= 0.3 is 35.5 Å². The molecule has 0 radical (unpaired) electrons. The van der Waals surface area contributed by atoms with Gasteiger partial charge in [0.05, 0.1) is 5.92 Å². The zero-order valence-electron chi connectivity index (χ0n) is 19.3. The molecular weight excluding hydrogens is 505 g/mol. The summed E-state index contributed by atoms with van der Waals surface area (Å²) in [6, 6.07) is 7.63. The number of carbonyl (C=O) groups is 4. The van der Waals surface area contributed by atoms with Crippen molar-refractivity contribution in [1.82, 2.24) is 15.4 Å². The minimum absolute atomic E-state index is 0. The van der Waals surface area contributed by atoms with Gasteiger partial charge in [0.15, 0.2) is 10.8 Å². The van der Waals surface area contributed by atoms with Crippen LogP contribution in [-0.4, -0.2) is 65.0 Å². The predicted octanol–water partition coefficient (Wildman–Crippen LogP) is -4.41. The summed E-state index contributed by atoms with van der Waals surface area (Å²) in [5.74, 6) is -5.26. The van der Waals surface area contributed by atoms with Crippen LogP contribution in [0, 0.1) is 5.92 Å². The molecule has 0 saturated carbocycles. The van der Waals surface area contributed by atoms with Crippen molar-refractivity contribution in [2.24, 2.45) is 11.1 Å². The van der Waals surface area contributed by atoms with Gasteiger partial charge in [-0.3, -0.25) is 19.2 Å². The summed E-state index contributed by atoms with van der Waals surface area (Å²) in [6.07, 6.45) is -0.186. The van der Waals surface area contributed by atoms with Crippen molar-refractivity contribution >= 4 is 45.9 Å². The summed E-state index contributed by atoms with van der Waals surface area (Å²) >= 11 is 1.07. The molecule has 3 atom stereocenters. The van der Waals surface area contributed by atoms with Crippen molar-refractivity contribution in [3.05, 3.63) is 47.0 Å². The number of carbonyl (C=O) groups excluding carboxylic acids is 4. The summed E-state index contributed by atoms with van der Waals surface area (Å²) in [5.41, 5.74) is 3.78. The number of esters is 1. The third-order valence-corrected chi connectivity index (χ3v) is 6.11. The van der Waals surface area contributed by atoms with Crippen molar-refractivity contribution in [3.63, 3.8) is 0 Å². The number of hydrogen-bond donors (Lipinski definition) is 2. The van der Waals surface area contributed by atoms with E-state index in [-0.39, 0.29) is 58.9 Å². The van der Waals surface area contributed by atoms with Crippen molar-refractivity contribution in [2.75, 3.05) is 19.5 Å². The van der Waals surface area contributed by atoms with Gasteiger partial charge in [-0.2, -0.15) is 5.06 Å². The minimum atomic E-state index is -2.47. The fraction of sp³-hybridized carbons (Fsp3) is 0.333. The van der Waals surface area contributed by atoms with E-state index >= 15 is 0 Å². The zero-order chi connectivity index (χ0) is 25.2. The van der Waals surface area contributed by atoms with Gasteiger partial charge in [-0.05, 0) is 12.0 Å². The standard InChI is InChI=1S/C21H21N5O8S.Na/c1-32-25-15(14-10-35-20(22)24-14)16(27)23-13-9-33-26(17(13)28)21(19(30)31)8-12(18(29)34-21)7-11-5-3-2-4-6-11;/h2-6,10,12-13H,7-9H2,1H3,(H2,22,24)(H,23,27)(H,30,31);/q;+1/p-1/b25-15-;. The number of nitrogens with zero attached hydrogens (tertiary/aromatic N) is 3.